The lowest BCUT2D eigenvalue weighted by Gasteiger charge is -2.58. The highest BCUT2D eigenvalue weighted by Gasteiger charge is 2.55. The maximum absolute atomic E-state index is 11.0. The quantitative estimate of drug-likeness (QED) is 0.572. The molecule has 3 heterocycles. The average Bonchev–Trinajstić information content (AvgIpc) is 3.07. The normalized spacial score (nSPS) is 18.7. The summed E-state index contributed by atoms with van der Waals surface area (Å²) in [6.07, 6.45) is 3.10. The van der Waals surface area contributed by atoms with Crippen molar-refractivity contribution in [1.29, 1.82) is 0 Å². The van der Waals surface area contributed by atoms with E-state index < -0.39 is 6.09 Å². The Kier molecular flexibility index (Phi) is 3.59. The molecule has 1 N–H and O–H groups in total. The minimum atomic E-state index is -0.804. The van der Waals surface area contributed by atoms with E-state index >= 15 is 0 Å². The number of amides is 1. The van der Waals surface area contributed by atoms with Crippen LogP contribution in [0.2, 0.25) is 0 Å². The third-order valence-corrected chi connectivity index (χ3v) is 7.39. The van der Waals surface area contributed by atoms with Crippen LogP contribution in [0.3, 0.4) is 0 Å². The number of rotatable bonds is 2. The molecule has 1 aliphatic carbocycles. The lowest BCUT2D eigenvalue weighted by Crippen LogP contribution is -2.63. The zero-order chi connectivity index (χ0) is 18.9. The highest BCUT2D eigenvalue weighted by Crippen LogP contribution is 2.54. The van der Waals surface area contributed by atoms with Crippen LogP contribution in [0.15, 0.2) is 24.4 Å². The molecule has 1 spiro atoms. The van der Waals surface area contributed by atoms with Gasteiger partial charge in [0.15, 0.2) is 0 Å². The van der Waals surface area contributed by atoms with Crippen molar-refractivity contribution in [2.45, 2.75) is 25.8 Å². The first kappa shape index (κ1) is 17.0. The first-order valence-electron chi connectivity index (χ1n) is 9.01. The van der Waals surface area contributed by atoms with Gasteiger partial charge in [0.1, 0.15) is 5.69 Å². The van der Waals surface area contributed by atoms with Crippen LogP contribution in [0.5, 0.6) is 0 Å². The molecule has 140 valence electrons. The molecule has 2 aliphatic rings. The Labute approximate surface area is 170 Å². The predicted octanol–water partition coefficient (Wildman–Crippen LogP) is 3.66. The van der Waals surface area contributed by atoms with Gasteiger partial charge < -0.3 is 10.0 Å². The highest BCUT2D eigenvalue weighted by molar-refractivity contribution is 14.1. The summed E-state index contributed by atoms with van der Waals surface area (Å²) < 4.78 is 5.21. The van der Waals surface area contributed by atoms with Crippen LogP contribution in [0.4, 0.5) is 4.79 Å². The molecule has 2 aromatic heterocycles. The molecule has 0 unspecified atom stereocenters. The van der Waals surface area contributed by atoms with Crippen molar-refractivity contribution < 1.29 is 9.90 Å². The maximum Gasteiger partial charge on any atom is 0.407 e. The summed E-state index contributed by atoms with van der Waals surface area (Å²) in [7, 11) is 1.95. The molecule has 3 aromatic rings. The Balaban J connectivity index is 1.41. The SMILES string of the molecule is Cc1c(I)c(-c2ccc3c(cnn3C)c2)nn1C1CC2(C1)CN(C(=O)O)C2. The first-order chi connectivity index (χ1) is 12.9. The molecule has 1 aromatic carbocycles. The lowest BCUT2D eigenvalue weighted by molar-refractivity contribution is -0.0775. The Bertz CT molecular complexity index is 1070. The van der Waals surface area contributed by atoms with Crippen molar-refractivity contribution in [3.63, 3.8) is 0 Å². The van der Waals surface area contributed by atoms with E-state index in [4.69, 9.17) is 10.2 Å². The standard InChI is InChI=1S/C19H20IN5O2/c1-11-16(20)17(12-3-4-15-13(5-12)8-21-23(15)2)22-25(11)14-6-19(7-14)9-24(10-19)18(26)27/h3-5,8,14H,6-7,9-10H2,1-2H3,(H,26,27). The number of benzene rings is 1. The van der Waals surface area contributed by atoms with Gasteiger partial charge in [-0.2, -0.15) is 10.2 Å². The number of carboxylic acid groups (broad SMARTS) is 1. The van der Waals surface area contributed by atoms with Gasteiger partial charge in [-0.1, -0.05) is 6.07 Å². The number of hydrogen-bond acceptors (Lipinski definition) is 3. The van der Waals surface area contributed by atoms with Crippen molar-refractivity contribution >= 4 is 39.6 Å². The fourth-order valence-electron chi connectivity index (χ4n) is 4.62. The zero-order valence-corrected chi connectivity index (χ0v) is 17.3. The summed E-state index contributed by atoms with van der Waals surface area (Å²) in [6.45, 7) is 3.46. The number of nitrogens with zero attached hydrogens (tertiary/aromatic N) is 5. The van der Waals surface area contributed by atoms with E-state index in [9.17, 15) is 4.79 Å². The van der Waals surface area contributed by atoms with Crippen molar-refractivity contribution in [1.82, 2.24) is 24.5 Å². The number of carbonyl (C=O) groups is 1. The summed E-state index contributed by atoms with van der Waals surface area (Å²) in [5.41, 5.74) is 4.60. The molecule has 7 nitrogen and oxygen atoms in total. The monoisotopic (exact) mass is 477 g/mol. The van der Waals surface area contributed by atoms with Crippen LogP contribution < -0.4 is 0 Å². The molecule has 5 rings (SSSR count). The van der Waals surface area contributed by atoms with Crippen LogP contribution in [0.25, 0.3) is 22.2 Å². The Hall–Kier alpha value is -2.10. The van der Waals surface area contributed by atoms with Gasteiger partial charge in [0, 0.05) is 42.2 Å². The molecule has 0 atom stereocenters. The predicted molar refractivity (Wildman–Crippen MR) is 110 cm³/mol. The second-order valence-electron chi connectivity index (χ2n) is 7.94. The maximum atomic E-state index is 11.0. The van der Waals surface area contributed by atoms with E-state index in [1.165, 1.54) is 14.2 Å². The molecule has 0 bridgehead atoms. The molecule has 2 fully saturated rings. The zero-order valence-electron chi connectivity index (χ0n) is 15.2. The summed E-state index contributed by atoms with van der Waals surface area (Å²) in [5.74, 6) is 0. The number of aromatic nitrogens is 4. The minimum Gasteiger partial charge on any atom is -0.465 e. The van der Waals surface area contributed by atoms with Gasteiger partial charge in [-0.15, -0.1) is 0 Å². The van der Waals surface area contributed by atoms with Gasteiger partial charge in [0.25, 0.3) is 0 Å². The minimum absolute atomic E-state index is 0.182. The van der Waals surface area contributed by atoms with Gasteiger partial charge in [0.2, 0.25) is 0 Å². The second kappa shape index (κ2) is 5.70. The van der Waals surface area contributed by atoms with Gasteiger partial charge in [0.05, 0.1) is 21.3 Å². The molecular formula is C19H20IN5O2. The van der Waals surface area contributed by atoms with E-state index in [2.05, 4.69) is 57.5 Å². The van der Waals surface area contributed by atoms with Crippen molar-refractivity contribution in [2.75, 3.05) is 13.1 Å². The highest BCUT2D eigenvalue weighted by atomic mass is 127. The molecular weight excluding hydrogens is 457 g/mol. The van der Waals surface area contributed by atoms with Crippen molar-refractivity contribution in [3.05, 3.63) is 33.7 Å². The number of halogens is 1. The van der Waals surface area contributed by atoms with E-state index in [0.717, 1.165) is 35.0 Å². The Morgan fingerprint density at radius 2 is 2.07 bits per heavy atom. The third kappa shape index (κ3) is 2.49. The summed E-state index contributed by atoms with van der Waals surface area (Å²) in [5, 5.41) is 19.4. The van der Waals surface area contributed by atoms with Gasteiger partial charge in [-0.25, -0.2) is 4.79 Å². The Morgan fingerprint density at radius 1 is 1.33 bits per heavy atom. The average molecular weight is 477 g/mol. The molecule has 1 amide bonds. The van der Waals surface area contributed by atoms with Crippen molar-refractivity contribution in [3.8, 4) is 11.3 Å². The van der Waals surface area contributed by atoms with E-state index in [1.54, 1.807) is 0 Å². The second-order valence-corrected chi connectivity index (χ2v) is 9.01. The van der Waals surface area contributed by atoms with Crippen LogP contribution in [0.1, 0.15) is 24.6 Å². The molecule has 1 saturated carbocycles. The largest absolute Gasteiger partial charge is 0.465 e. The topological polar surface area (TPSA) is 76.2 Å². The third-order valence-electron chi connectivity index (χ3n) is 6.10. The summed E-state index contributed by atoms with van der Waals surface area (Å²) >= 11 is 2.39. The van der Waals surface area contributed by atoms with Gasteiger partial charge in [-0.05, 0) is 54.5 Å². The fourth-order valence-corrected chi connectivity index (χ4v) is 5.29. The first-order valence-corrected chi connectivity index (χ1v) is 10.1. The number of hydrogen-bond donors (Lipinski definition) is 1. The molecule has 1 aliphatic heterocycles. The number of likely N-dealkylation sites (tertiary alicyclic amines) is 1. The molecule has 0 radical (unpaired) electrons. The van der Waals surface area contributed by atoms with E-state index in [1.807, 2.05) is 17.9 Å². The smallest absolute Gasteiger partial charge is 0.407 e. The molecule has 1 saturated heterocycles. The van der Waals surface area contributed by atoms with Crippen LogP contribution in [-0.2, 0) is 7.05 Å². The van der Waals surface area contributed by atoms with Crippen LogP contribution >= 0.6 is 22.6 Å². The summed E-state index contributed by atoms with van der Waals surface area (Å²) in [6, 6.07) is 6.72. The van der Waals surface area contributed by atoms with Crippen LogP contribution in [-0.4, -0.2) is 48.8 Å². The van der Waals surface area contributed by atoms with E-state index in [0.29, 0.717) is 19.1 Å². The molecule has 8 heteroatoms. The fraction of sp³-hybridized carbons (Fsp3) is 0.421. The number of aryl methyl sites for hydroxylation is 1. The molecule has 27 heavy (non-hydrogen) atoms. The number of fused-ring (bicyclic) bond motifs is 1. The van der Waals surface area contributed by atoms with Crippen molar-refractivity contribution in [2.24, 2.45) is 12.5 Å². The Morgan fingerprint density at radius 3 is 2.78 bits per heavy atom. The van der Waals surface area contributed by atoms with Gasteiger partial charge in [-0.3, -0.25) is 9.36 Å². The van der Waals surface area contributed by atoms with Gasteiger partial charge >= 0.3 is 6.09 Å². The summed E-state index contributed by atoms with van der Waals surface area (Å²) in [4.78, 5) is 12.5. The van der Waals surface area contributed by atoms with E-state index in [-0.39, 0.29) is 5.41 Å². The lowest BCUT2D eigenvalue weighted by atomic mass is 9.61. The van der Waals surface area contributed by atoms with Crippen LogP contribution in [0, 0.1) is 15.9 Å².